The average molecular weight is 310 g/mol. The molecular weight excluding hydrogens is 286 g/mol. The van der Waals surface area contributed by atoms with Crippen molar-refractivity contribution < 1.29 is 9.90 Å². The van der Waals surface area contributed by atoms with Gasteiger partial charge in [0.15, 0.2) is 0 Å². The highest BCUT2D eigenvalue weighted by atomic mass is 35.5. The van der Waals surface area contributed by atoms with Gasteiger partial charge in [0.1, 0.15) is 0 Å². The molecule has 0 aliphatic heterocycles. The van der Waals surface area contributed by atoms with Crippen LogP contribution in [0.3, 0.4) is 0 Å². The second-order valence-corrected chi connectivity index (χ2v) is 6.85. The smallest absolute Gasteiger partial charge is 0.303 e. The molecule has 0 spiro atoms. The molecule has 2 rings (SSSR count). The zero-order valence-electron chi connectivity index (χ0n) is 12.7. The van der Waals surface area contributed by atoms with Crippen LogP contribution in [-0.4, -0.2) is 17.6 Å². The minimum absolute atomic E-state index is 0.314. The molecule has 0 aromatic heterocycles. The van der Waals surface area contributed by atoms with Gasteiger partial charge in [0.2, 0.25) is 0 Å². The molecule has 0 heterocycles. The van der Waals surface area contributed by atoms with Crippen LogP contribution in [0.4, 0.5) is 5.69 Å². The van der Waals surface area contributed by atoms with Gasteiger partial charge in [0.25, 0.3) is 0 Å². The Labute approximate surface area is 131 Å². The third-order valence-electron chi connectivity index (χ3n) is 4.33. The lowest BCUT2D eigenvalue weighted by Gasteiger charge is -2.18. The lowest BCUT2D eigenvalue weighted by molar-refractivity contribution is -0.138. The van der Waals surface area contributed by atoms with E-state index >= 15 is 0 Å². The largest absolute Gasteiger partial charge is 0.481 e. The van der Waals surface area contributed by atoms with E-state index in [9.17, 15) is 4.79 Å². The maximum absolute atomic E-state index is 10.8. The van der Waals surface area contributed by atoms with Crippen molar-refractivity contribution >= 4 is 23.3 Å². The van der Waals surface area contributed by atoms with Crippen LogP contribution >= 0.6 is 11.6 Å². The summed E-state index contributed by atoms with van der Waals surface area (Å²) >= 11 is 6.07. The van der Waals surface area contributed by atoms with Crippen molar-refractivity contribution in [1.82, 2.24) is 0 Å². The highest BCUT2D eigenvalue weighted by Crippen LogP contribution is 2.34. The fourth-order valence-electron chi connectivity index (χ4n) is 3.22. The standard InChI is InChI=1S/C17H24ClNO2/c1-11(2)15-9-14(18)5-6-16(15)19-10-13-4-3-12(7-13)8-17(20)21/h5-6,9,11-13,19H,3-4,7-8,10H2,1-2H3,(H,20,21). The maximum Gasteiger partial charge on any atom is 0.303 e. The van der Waals surface area contributed by atoms with Crippen LogP contribution in [0.25, 0.3) is 0 Å². The fraction of sp³-hybridized carbons (Fsp3) is 0.588. The van der Waals surface area contributed by atoms with E-state index in [0.29, 0.717) is 24.2 Å². The molecule has 4 heteroatoms. The van der Waals surface area contributed by atoms with Crippen molar-refractivity contribution in [2.24, 2.45) is 11.8 Å². The Bertz CT molecular complexity index is 502. The summed E-state index contributed by atoms with van der Waals surface area (Å²) in [6.07, 6.45) is 3.49. The van der Waals surface area contributed by atoms with E-state index in [4.69, 9.17) is 16.7 Å². The van der Waals surface area contributed by atoms with E-state index in [2.05, 4.69) is 19.2 Å². The monoisotopic (exact) mass is 309 g/mol. The molecule has 2 N–H and O–H groups in total. The van der Waals surface area contributed by atoms with E-state index in [1.807, 2.05) is 18.2 Å². The molecule has 1 aliphatic rings. The van der Waals surface area contributed by atoms with Crippen molar-refractivity contribution in [3.8, 4) is 0 Å². The summed E-state index contributed by atoms with van der Waals surface area (Å²) in [6.45, 7) is 5.24. The number of rotatable bonds is 6. The molecule has 1 aromatic rings. The summed E-state index contributed by atoms with van der Waals surface area (Å²) in [4.78, 5) is 10.8. The van der Waals surface area contributed by atoms with Crippen LogP contribution in [0.1, 0.15) is 51.0 Å². The molecule has 0 bridgehead atoms. The predicted octanol–water partition coefficient (Wildman–Crippen LogP) is 4.77. The van der Waals surface area contributed by atoms with Gasteiger partial charge < -0.3 is 10.4 Å². The summed E-state index contributed by atoms with van der Waals surface area (Å²) in [5.74, 6) is 0.678. The molecule has 1 aliphatic carbocycles. The van der Waals surface area contributed by atoms with Gasteiger partial charge in [-0.1, -0.05) is 25.4 Å². The molecular formula is C17H24ClNO2. The summed E-state index contributed by atoms with van der Waals surface area (Å²) in [5.41, 5.74) is 2.39. The second-order valence-electron chi connectivity index (χ2n) is 6.41. The van der Waals surface area contributed by atoms with E-state index in [-0.39, 0.29) is 0 Å². The average Bonchev–Trinajstić information content (AvgIpc) is 2.83. The first-order valence-electron chi connectivity index (χ1n) is 7.70. The number of anilines is 1. The molecule has 1 saturated carbocycles. The van der Waals surface area contributed by atoms with Gasteiger partial charge in [-0.05, 0) is 60.8 Å². The van der Waals surface area contributed by atoms with Crippen LogP contribution in [0.2, 0.25) is 5.02 Å². The Hall–Kier alpha value is -1.22. The number of aliphatic carboxylic acids is 1. The Morgan fingerprint density at radius 3 is 2.76 bits per heavy atom. The number of carboxylic acid groups (broad SMARTS) is 1. The molecule has 0 amide bonds. The predicted molar refractivity (Wildman–Crippen MR) is 87.1 cm³/mol. The first-order chi connectivity index (χ1) is 9.95. The summed E-state index contributed by atoms with van der Waals surface area (Å²) in [7, 11) is 0. The van der Waals surface area contributed by atoms with Crippen molar-refractivity contribution in [3.63, 3.8) is 0 Å². The Balaban J connectivity index is 1.91. The first-order valence-corrected chi connectivity index (χ1v) is 8.08. The van der Waals surface area contributed by atoms with Gasteiger partial charge in [0.05, 0.1) is 0 Å². The molecule has 0 saturated heterocycles. The number of nitrogens with one attached hydrogen (secondary N) is 1. The van der Waals surface area contributed by atoms with Crippen LogP contribution < -0.4 is 5.32 Å². The van der Waals surface area contributed by atoms with Crippen molar-refractivity contribution in [1.29, 1.82) is 0 Å². The third-order valence-corrected chi connectivity index (χ3v) is 4.57. The molecule has 3 nitrogen and oxygen atoms in total. The number of hydrogen-bond acceptors (Lipinski definition) is 2. The van der Waals surface area contributed by atoms with Crippen molar-refractivity contribution in [3.05, 3.63) is 28.8 Å². The first kappa shape index (κ1) is 16.2. The normalized spacial score (nSPS) is 21.7. The fourth-order valence-corrected chi connectivity index (χ4v) is 3.40. The van der Waals surface area contributed by atoms with Gasteiger partial charge in [-0.3, -0.25) is 4.79 Å². The van der Waals surface area contributed by atoms with Crippen LogP contribution in [-0.2, 0) is 4.79 Å². The minimum atomic E-state index is -0.673. The van der Waals surface area contributed by atoms with Crippen LogP contribution in [0.5, 0.6) is 0 Å². The quantitative estimate of drug-likeness (QED) is 0.796. The molecule has 2 unspecified atom stereocenters. The summed E-state index contributed by atoms with van der Waals surface area (Å²) < 4.78 is 0. The maximum atomic E-state index is 10.8. The molecule has 116 valence electrons. The number of carboxylic acids is 1. The molecule has 21 heavy (non-hydrogen) atoms. The van der Waals surface area contributed by atoms with Crippen molar-refractivity contribution in [2.75, 3.05) is 11.9 Å². The summed E-state index contributed by atoms with van der Waals surface area (Å²) in [5, 5.41) is 13.2. The Kier molecular flexibility index (Phi) is 5.51. The van der Waals surface area contributed by atoms with Gasteiger partial charge in [-0.15, -0.1) is 0 Å². The highest BCUT2D eigenvalue weighted by Gasteiger charge is 2.26. The van der Waals surface area contributed by atoms with E-state index in [1.54, 1.807) is 0 Å². The van der Waals surface area contributed by atoms with E-state index < -0.39 is 5.97 Å². The Morgan fingerprint density at radius 2 is 2.10 bits per heavy atom. The van der Waals surface area contributed by atoms with Gasteiger partial charge >= 0.3 is 5.97 Å². The molecule has 1 aromatic carbocycles. The molecule has 2 atom stereocenters. The lowest BCUT2D eigenvalue weighted by Crippen LogP contribution is -2.13. The SMILES string of the molecule is CC(C)c1cc(Cl)ccc1NCC1CCC(CC(=O)O)C1. The summed E-state index contributed by atoms with van der Waals surface area (Å²) in [6, 6.07) is 5.98. The number of hydrogen-bond donors (Lipinski definition) is 2. The number of carbonyl (C=O) groups is 1. The van der Waals surface area contributed by atoms with Crippen LogP contribution in [0.15, 0.2) is 18.2 Å². The van der Waals surface area contributed by atoms with E-state index in [1.165, 1.54) is 5.56 Å². The molecule has 1 fully saturated rings. The zero-order valence-corrected chi connectivity index (χ0v) is 13.5. The number of benzene rings is 1. The second kappa shape index (κ2) is 7.17. The number of halogens is 1. The van der Waals surface area contributed by atoms with Gasteiger partial charge in [-0.25, -0.2) is 0 Å². The Morgan fingerprint density at radius 1 is 1.38 bits per heavy atom. The third kappa shape index (κ3) is 4.63. The minimum Gasteiger partial charge on any atom is -0.481 e. The van der Waals surface area contributed by atoms with Crippen molar-refractivity contribution in [2.45, 2.75) is 45.4 Å². The topological polar surface area (TPSA) is 49.3 Å². The zero-order chi connectivity index (χ0) is 15.4. The van der Waals surface area contributed by atoms with Gasteiger partial charge in [0, 0.05) is 23.7 Å². The molecule has 0 radical (unpaired) electrons. The van der Waals surface area contributed by atoms with E-state index in [0.717, 1.165) is 36.5 Å². The highest BCUT2D eigenvalue weighted by molar-refractivity contribution is 6.30. The lowest BCUT2D eigenvalue weighted by atomic mass is 9.99. The van der Waals surface area contributed by atoms with Gasteiger partial charge in [-0.2, -0.15) is 0 Å². The van der Waals surface area contributed by atoms with Crippen LogP contribution in [0, 0.1) is 11.8 Å².